The highest BCUT2D eigenvalue weighted by Crippen LogP contribution is 2.44. The van der Waals surface area contributed by atoms with E-state index < -0.39 is 0 Å². The molecular weight excluding hydrogens is 867 g/mol. The van der Waals surface area contributed by atoms with Gasteiger partial charge in [0.2, 0.25) is 0 Å². The summed E-state index contributed by atoms with van der Waals surface area (Å²) in [6, 6.07) is 86.6. The largest absolute Gasteiger partial charge is 0.294 e. The Morgan fingerprint density at radius 3 is 1.60 bits per heavy atom. The van der Waals surface area contributed by atoms with Crippen molar-refractivity contribution in [2.75, 3.05) is 0 Å². The Morgan fingerprint density at radius 2 is 0.800 bits per heavy atom. The minimum Gasteiger partial charge on any atom is -0.294 e. The predicted molar refractivity (Wildman–Crippen MR) is 299 cm³/mol. The van der Waals surface area contributed by atoms with E-state index in [0.29, 0.717) is 5.82 Å². The summed E-state index contributed by atoms with van der Waals surface area (Å²) in [6.07, 6.45) is 0. The molecule has 0 amide bonds. The van der Waals surface area contributed by atoms with Crippen molar-refractivity contribution in [3.05, 3.63) is 237 Å². The van der Waals surface area contributed by atoms with Crippen LogP contribution in [-0.4, -0.2) is 14.5 Å². The molecule has 0 aliphatic rings. The van der Waals surface area contributed by atoms with E-state index in [1.807, 2.05) is 11.3 Å². The van der Waals surface area contributed by atoms with Crippen LogP contribution in [0.5, 0.6) is 0 Å². The maximum Gasteiger partial charge on any atom is 0.162 e. The monoisotopic (exact) mass is 905 g/mol. The molecule has 3 aromatic heterocycles. The van der Waals surface area contributed by atoms with E-state index in [0.717, 1.165) is 39.1 Å². The fraction of sp³-hybridized carbons (Fsp3) is 0. The zero-order valence-corrected chi connectivity index (χ0v) is 38.6. The van der Waals surface area contributed by atoms with Crippen LogP contribution in [0.2, 0.25) is 0 Å². The van der Waals surface area contributed by atoms with Gasteiger partial charge in [-0.15, -0.1) is 11.3 Å². The number of benzene rings is 12. The molecule has 15 aromatic rings. The van der Waals surface area contributed by atoms with Gasteiger partial charge >= 0.3 is 0 Å². The molecule has 70 heavy (non-hydrogen) atoms. The summed E-state index contributed by atoms with van der Waals surface area (Å²) in [7, 11) is 0. The molecule has 0 aliphatic carbocycles. The first-order valence-corrected chi connectivity index (χ1v) is 24.7. The van der Waals surface area contributed by atoms with Crippen LogP contribution in [0.4, 0.5) is 0 Å². The molecule has 4 heteroatoms. The van der Waals surface area contributed by atoms with Crippen LogP contribution >= 0.6 is 11.3 Å². The molecule has 12 aromatic carbocycles. The van der Waals surface area contributed by atoms with Crippen LogP contribution in [0, 0.1) is 0 Å². The summed E-state index contributed by atoms with van der Waals surface area (Å²) in [5.41, 5.74) is 9.84. The Kier molecular flexibility index (Phi) is 8.53. The fourth-order valence-electron chi connectivity index (χ4n) is 11.1. The highest BCUT2D eigenvalue weighted by Gasteiger charge is 2.21. The van der Waals surface area contributed by atoms with E-state index in [1.54, 1.807) is 0 Å². The average molecular weight is 906 g/mol. The standard InChI is InChI=1S/C66H39N3S/c1-2-12-40(13-3-1)45-27-30-61-57(35-45)58-37-55-54-34-46(47-28-31-64-59(36-47)53-20-10-11-21-63(53)70-64)26-29-52(54)50-18-8-9-19-51(50)56(55)38-62(58)69(61)65-39-60(48-24-22-41-14-4-6-16-43(41)32-48)67-66(68-65)49-25-23-42-15-5-7-17-44(42)33-49/h1-39H. The van der Waals surface area contributed by atoms with E-state index in [-0.39, 0.29) is 0 Å². The maximum absolute atomic E-state index is 5.55. The lowest BCUT2D eigenvalue weighted by Crippen LogP contribution is -2.02. The second kappa shape index (κ2) is 15.3. The van der Waals surface area contributed by atoms with E-state index in [1.165, 1.54) is 102 Å². The van der Waals surface area contributed by atoms with Crippen LogP contribution in [0.25, 0.3) is 147 Å². The summed E-state index contributed by atoms with van der Waals surface area (Å²) < 4.78 is 5.01. The van der Waals surface area contributed by atoms with Gasteiger partial charge in [0.15, 0.2) is 5.82 Å². The molecule has 0 saturated carbocycles. The molecule has 0 bridgehead atoms. The molecule has 324 valence electrons. The van der Waals surface area contributed by atoms with Gasteiger partial charge in [-0.1, -0.05) is 170 Å². The van der Waals surface area contributed by atoms with Crippen molar-refractivity contribution in [2.45, 2.75) is 0 Å². The molecule has 0 atom stereocenters. The predicted octanol–water partition coefficient (Wildman–Crippen LogP) is 18.4. The van der Waals surface area contributed by atoms with Crippen molar-refractivity contribution in [1.82, 2.24) is 14.5 Å². The third-order valence-corrected chi connectivity index (χ3v) is 15.7. The molecule has 0 N–H and O–H groups in total. The first kappa shape index (κ1) is 39.1. The molecule has 0 unspecified atom stereocenters. The van der Waals surface area contributed by atoms with Crippen molar-refractivity contribution < 1.29 is 0 Å². The summed E-state index contributed by atoms with van der Waals surface area (Å²) >= 11 is 1.86. The average Bonchev–Trinajstić information content (AvgIpc) is 3.97. The highest BCUT2D eigenvalue weighted by atomic mass is 32.1. The molecule has 3 heterocycles. The number of hydrogen-bond donors (Lipinski definition) is 0. The molecule has 0 spiro atoms. The molecule has 0 radical (unpaired) electrons. The third-order valence-electron chi connectivity index (χ3n) is 14.5. The Hall–Kier alpha value is -8.96. The Morgan fingerprint density at radius 1 is 0.271 bits per heavy atom. The van der Waals surface area contributed by atoms with E-state index >= 15 is 0 Å². The first-order chi connectivity index (χ1) is 34.6. The quantitative estimate of drug-likeness (QED) is 0.161. The van der Waals surface area contributed by atoms with Crippen molar-refractivity contribution in [2.24, 2.45) is 0 Å². The maximum atomic E-state index is 5.55. The van der Waals surface area contributed by atoms with Gasteiger partial charge in [-0.05, 0) is 137 Å². The topological polar surface area (TPSA) is 30.7 Å². The number of aromatic nitrogens is 3. The van der Waals surface area contributed by atoms with Gasteiger partial charge in [0.05, 0.1) is 16.7 Å². The van der Waals surface area contributed by atoms with Gasteiger partial charge in [0.25, 0.3) is 0 Å². The van der Waals surface area contributed by atoms with Gasteiger partial charge in [0, 0.05) is 48.1 Å². The van der Waals surface area contributed by atoms with Crippen LogP contribution in [0.1, 0.15) is 0 Å². The van der Waals surface area contributed by atoms with E-state index in [2.05, 4.69) is 241 Å². The van der Waals surface area contributed by atoms with Gasteiger partial charge in [-0.25, -0.2) is 9.97 Å². The van der Waals surface area contributed by atoms with Gasteiger partial charge in [-0.2, -0.15) is 0 Å². The third kappa shape index (κ3) is 6.14. The summed E-state index contributed by atoms with van der Waals surface area (Å²) in [5, 5.41) is 17.1. The van der Waals surface area contributed by atoms with E-state index in [4.69, 9.17) is 9.97 Å². The van der Waals surface area contributed by atoms with E-state index in [9.17, 15) is 0 Å². The second-order valence-electron chi connectivity index (χ2n) is 18.5. The zero-order valence-electron chi connectivity index (χ0n) is 37.8. The summed E-state index contributed by atoms with van der Waals surface area (Å²) in [6.45, 7) is 0. The van der Waals surface area contributed by atoms with Crippen molar-refractivity contribution in [3.8, 4) is 50.7 Å². The number of thiophene rings is 1. The molecule has 15 rings (SSSR count). The number of hydrogen-bond acceptors (Lipinski definition) is 3. The lowest BCUT2D eigenvalue weighted by molar-refractivity contribution is 1.05. The minimum atomic E-state index is 0.681. The van der Waals surface area contributed by atoms with Gasteiger partial charge < -0.3 is 0 Å². The van der Waals surface area contributed by atoms with Crippen LogP contribution in [-0.2, 0) is 0 Å². The Balaban J connectivity index is 1.03. The summed E-state index contributed by atoms with van der Waals surface area (Å²) in [4.78, 5) is 10.9. The minimum absolute atomic E-state index is 0.681. The van der Waals surface area contributed by atoms with Crippen molar-refractivity contribution in [1.29, 1.82) is 0 Å². The molecular formula is C66H39N3S. The molecule has 0 saturated heterocycles. The van der Waals surface area contributed by atoms with Crippen LogP contribution in [0.15, 0.2) is 237 Å². The lowest BCUT2D eigenvalue weighted by Gasteiger charge is -2.15. The van der Waals surface area contributed by atoms with Crippen LogP contribution < -0.4 is 0 Å². The SMILES string of the molecule is c1ccc(-c2ccc3c(c2)c2cc4c5cc(-c6ccc7sc8ccccc8c7c6)ccc5c5ccccc5c4cc2n3-c2cc(-c3ccc4ccccc4c3)nc(-c3ccc4ccccc4c3)n2)cc1. The zero-order chi connectivity index (χ0) is 45.9. The second-order valence-corrected chi connectivity index (χ2v) is 19.6. The van der Waals surface area contributed by atoms with Crippen molar-refractivity contribution >= 4 is 107 Å². The number of rotatable bonds is 5. The highest BCUT2D eigenvalue weighted by molar-refractivity contribution is 7.25. The normalized spacial score (nSPS) is 12.0. The number of nitrogens with zero attached hydrogens (tertiary/aromatic N) is 3. The summed E-state index contributed by atoms with van der Waals surface area (Å²) in [5.74, 6) is 1.50. The van der Waals surface area contributed by atoms with Gasteiger partial charge in [-0.3, -0.25) is 4.57 Å². The Labute approximate surface area is 406 Å². The van der Waals surface area contributed by atoms with Gasteiger partial charge in [0.1, 0.15) is 5.82 Å². The first-order valence-electron chi connectivity index (χ1n) is 23.9. The lowest BCUT2D eigenvalue weighted by atomic mass is 9.91. The Bertz CT molecular complexity index is 4560. The fourth-order valence-corrected chi connectivity index (χ4v) is 12.2. The molecule has 0 fully saturated rings. The van der Waals surface area contributed by atoms with Crippen molar-refractivity contribution in [3.63, 3.8) is 0 Å². The molecule has 0 aliphatic heterocycles. The van der Waals surface area contributed by atoms with Crippen LogP contribution in [0.3, 0.4) is 0 Å². The number of fused-ring (bicyclic) bond motifs is 14. The molecule has 3 nitrogen and oxygen atoms in total. The smallest absolute Gasteiger partial charge is 0.162 e.